The Balaban J connectivity index is 0.000000378. The SMILES string of the molecule is CC.CC1CC2C=CC1CC2.P. The minimum absolute atomic E-state index is 0. The maximum Gasteiger partial charge on any atom is -0.0207 e. The monoisotopic (exact) mass is 186 g/mol. The summed E-state index contributed by atoms with van der Waals surface area (Å²) in [6.07, 6.45) is 9.24. The van der Waals surface area contributed by atoms with Crippen molar-refractivity contribution in [1.29, 1.82) is 0 Å². The highest BCUT2D eigenvalue weighted by Gasteiger charge is 2.28. The number of allylic oxidation sites excluding steroid dienone is 2. The van der Waals surface area contributed by atoms with Crippen LogP contribution in [0.15, 0.2) is 12.2 Å². The van der Waals surface area contributed by atoms with Crippen molar-refractivity contribution in [2.45, 2.75) is 40.0 Å². The predicted molar refractivity (Wildman–Crippen MR) is 61.6 cm³/mol. The van der Waals surface area contributed by atoms with Crippen molar-refractivity contribution in [1.82, 2.24) is 0 Å². The van der Waals surface area contributed by atoms with Crippen LogP contribution in [0.1, 0.15) is 40.0 Å². The zero-order chi connectivity index (χ0) is 8.27. The first-order chi connectivity index (χ1) is 5.36. The van der Waals surface area contributed by atoms with Crippen LogP contribution in [0.4, 0.5) is 0 Å². The van der Waals surface area contributed by atoms with Gasteiger partial charge in [-0.15, -0.1) is 0 Å². The average Bonchev–Trinajstić information content (AvgIpc) is 2.10. The van der Waals surface area contributed by atoms with E-state index >= 15 is 0 Å². The zero-order valence-electron chi connectivity index (χ0n) is 8.72. The molecule has 1 saturated carbocycles. The average molecular weight is 186 g/mol. The Hall–Kier alpha value is 0.170. The van der Waals surface area contributed by atoms with Crippen molar-refractivity contribution in [3.05, 3.63) is 12.2 Å². The normalized spacial score (nSPS) is 36.4. The Bertz CT molecular complexity index is 140. The molecule has 0 nitrogen and oxygen atoms in total. The van der Waals surface area contributed by atoms with Gasteiger partial charge in [-0.25, -0.2) is 0 Å². The van der Waals surface area contributed by atoms with Crippen LogP contribution in [0.2, 0.25) is 0 Å². The van der Waals surface area contributed by atoms with Crippen LogP contribution in [0.5, 0.6) is 0 Å². The predicted octanol–water partition coefficient (Wildman–Crippen LogP) is 3.69. The molecule has 3 aliphatic rings. The smallest absolute Gasteiger partial charge is 0.0207 e. The molecule has 12 heavy (non-hydrogen) atoms. The highest BCUT2D eigenvalue weighted by atomic mass is 31.0. The maximum absolute atomic E-state index is 2.43. The fourth-order valence-electron chi connectivity index (χ4n) is 2.22. The van der Waals surface area contributed by atoms with Crippen LogP contribution >= 0.6 is 9.90 Å². The molecule has 72 valence electrons. The molecule has 0 N–H and O–H groups in total. The highest BCUT2D eigenvalue weighted by Crippen LogP contribution is 2.39. The van der Waals surface area contributed by atoms with E-state index in [4.69, 9.17) is 0 Å². The molecular weight excluding hydrogens is 163 g/mol. The second kappa shape index (κ2) is 5.75. The van der Waals surface area contributed by atoms with Crippen LogP contribution in [-0.2, 0) is 0 Å². The Kier molecular flexibility index (Phi) is 5.84. The van der Waals surface area contributed by atoms with Gasteiger partial charge in [-0.2, -0.15) is 9.90 Å². The fourth-order valence-corrected chi connectivity index (χ4v) is 2.22. The molecule has 0 saturated heterocycles. The van der Waals surface area contributed by atoms with Crippen LogP contribution in [0.25, 0.3) is 0 Å². The molecule has 2 bridgehead atoms. The molecule has 0 heterocycles. The molecule has 3 rings (SSSR count). The molecular formula is C11H23P. The lowest BCUT2D eigenvalue weighted by atomic mass is 9.70. The Morgan fingerprint density at radius 2 is 1.75 bits per heavy atom. The van der Waals surface area contributed by atoms with E-state index < -0.39 is 0 Å². The summed E-state index contributed by atoms with van der Waals surface area (Å²) in [4.78, 5) is 0. The summed E-state index contributed by atoms with van der Waals surface area (Å²) in [5, 5.41) is 0. The zero-order valence-corrected chi connectivity index (χ0v) is 10.1. The van der Waals surface area contributed by atoms with Gasteiger partial charge in [0.25, 0.3) is 0 Å². The number of fused-ring (bicyclic) bond motifs is 2. The van der Waals surface area contributed by atoms with Crippen molar-refractivity contribution >= 4 is 9.90 Å². The number of hydrogen-bond donors (Lipinski definition) is 0. The van der Waals surface area contributed by atoms with Gasteiger partial charge in [0.1, 0.15) is 0 Å². The summed E-state index contributed by atoms with van der Waals surface area (Å²) in [5.41, 5.74) is 0. The molecule has 0 aromatic heterocycles. The first-order valence-corrected chi connectivity index (χ1v) is 5.04. The lowest BCUT2D eigenvalue weighted by molar-refractivity contribution is 0.238. The first kappa shape index (κ1) is 12.2. The van der Waals surface area contributed by atoms with E-state index in [9.17, 15) is 0 Å². The minimum Gasteiger partial charge on any atom is -0.153 e. The Morgan fingerprint density at radius 3 is 1.92 bits per heavy atom. The van der Waals surface area contributed by atoms with Crippen LogP contribution in [-0.4, -0.2) is 0 Å². The Labute approximate surface area is 80.4 Å². The van der Waals surface area contributed by atoms with Crippen molar-refractivity contribution in [2.24, 2.45) is 17.8 Å². The quantitative estimate of drug-likeness (QED) is 0.400. The van der Waals surface area contributed by atoms with E-state index in [-0.39, 0.29) is 9.90 Å². The highest BCUT2D eigenvalue weighted by molar-refractivity contribution is 6.92. The van der Waals surface area contributed by atoms with Gasteiger partial charge in [-0.05, 0) is 37.0 Å². The third-order valence-electron chi connectivity index (χ3n) is 2.91. The van der Waals surface area contributed by atoms with Crippen LogP contribution < -0.4 is 0 Å². The van der Waals surface area contributed by atoms with Gasteiger partial charge in [0.05, 0.1) is 0 Å². The molecule has 3 aliphatic carbocycles. The number of rotatable bonds is 0. The van der Waals surface area contributed by atoms with Crippen molar-refractivity contribution < 1.29 is 0 Å². The van der Waals surface area contributed by atoms with Gasteiger partial charge in [0.2, 0.25) is 0 Å². The topological polar surface area (TPSA) is 0 Å². The molecule has 1 heteroatoms. The van der Waals surface area contributed by atoms with E-state index in [1.54, 1.807) is 0 Å². The van der Waals surface area contributed by atoms with Crippen molar-refractivity contribution in [3.63, 3.8) is 0 Å². The molecule has 0 aromatic carbocycles. The second-order valence-electron chi connectivity index (χ2n) is 3.60. The summed E-state index contributed by atoms with van der Waals surface area (Å²) in [7, 11) is 0. The van der Waals surface area contributed by atoms with Crippen LogP contribution in [0, 0.1) is 17.8 Å². The summed E-state index contributed by atoms with van der Waals surface area (Å²) >= 11 is 0. The third kappa shape index (κ3) is 2.59. The molecule has 0 spiro atoms. The molecule has 0 aromatic rings. The summed E-state index contributed by atoms with van der Waals surface area (Å²) in [6.45, 7) is 6.39. The molecule has 4 atom stereocenters. The van der Waals surface area contributed by atoms with Gasteiger partial charge < -0.3 is 0 Å². The molecule has 1 fully saturated rings. The molecule has 0 amide bonds. The minimum atomic E-state index is 0. The van der Waals surface area contributed by atoms with E-state index in [2.05, 4.69) is 19.1 Å². The summed E-state index contributed by atoms with van der Waals surface area (Å²) in [6, 6.07) is 0. The van der Waals surface area contributed by atoms with Gasteiger partial charge in [0, 0.05) is 0 Å². The van der Waals surface area contributed by atoms with Crippen molar-refractivity contribution in [3.8, 4) is 0 Å². The van der Waals surface area contributed by atoms with E-state index in [0.717, 1.165) is 17.8 Å². The standard InChI is InChI=1S/C9H14.C2H6.H3P/c1-7-6-8-2-4-9(7)5-3-8;1-2;/h2,4,7-9H,3,5-6H2,1H3;1-2H3;1H3. The molecule has 0 radical (unpaired) electrons. The first-order valence-electron chi connectivity index (χ1n) is 5.04. The fraction of sp³-hybridized carbons (Fsp3) is 0.818. The Morgan fingerprint density at radius 1 is 1.08 bits per heavy atom. The van der Waals surface area contributed by atoms with Gasteiger partial charge in [-0.3, -0.25) is 0 Å². The largest absolute Gasteiger partial charge is 0.153 e. The van der Waals surface area contributed by atoms with Gasteiger partial charge in [0.15, 0.2) is 0 Å². The number of hydrogen-bond acceptors (Lipinski definition) is 0. The van der Waals surface area contributed by atoms with E-state index in [0.29, 0.717) is 0 Å². The summed E-state index contributed by atoms with van der Waals surface area (Å²) < 4.78 is 0. The second-order valence-corrected chi connectivity index (χ2v) is 3.60. The summed E-state index contributed by atoms with van der Waals surface area (Å²) in [5.74, 6) is 2.87. The van der Waals surface area contributed by atoms with Gasteiger partial charge >= 0.3 is 0 Å². The van der Waals surface area contributed by atoms with Gasteiger partial charge in [-0.1, -0.05) is 32.9 Å². The molecule has 4 unspecified atom stereocenters. The van der Waals surface area contributed by atoms with E-state index in [1.807, 2.05) is 13.8 Å². The van der Waals surface area contributed by atoms with Crippen LogP contribution in [0.3, 0.4) is 0 Å². The lowest BCUT2D eigenvalue weighted by Gasteiger charge is -2.35. The van der Waals surface area contributed by atoms with Crippen molar-refractivity contribution in [2.75, 3.05) is 0 Å². The third-order valence-corrected chi connectivity index (χ3v) is 2.91. The lowest BCUT2D eigenvalue weighted by Crippen LogP contribution is -2.24. The van der Waals surface area contributed by atoms with E-state index in [1.165, 1.54) is 19.3 Å². The molecule has 0 aliphatic heterocycles. The maximum atomic E-state index is 2.43.